The van der Waals surface area contributed by atoms with E-state index in [-0.39, 0.29) is 12.1 Å². The number of fused-ring (bicyclic) bond motifs is 5. The molecule has 3 nitrogen and oxygen atoms in total. The number of nitrogens with zero attached hydrogens (tertiary/aromatic N) is 1. The van der Waals surface area contributed by atoms with Crippen LogP contribution in [0, 0.1) is 0 Å². The Morgan fingerprint density at radius 3 is 2.96 bits per heavy atom. The maximum atomic E-state index is 6.25. The summed E-state index contributed by atoms with van der Waals surface area (Å²) < 4.78 is 6.21. The van der Waals surface area contributed by atoms with E-state index in [4.69, 9.17) is 28.6 Å². The average Bonchev–Trinajstić information content (AvgIpc) is 2.70. The number of para-hydroxylation sites is 1. The third-order valence-corrected chi connectivity index (χ3v) is 4.97. The molecule has 2 heterocycles. The molecule has 2 aliphatic heterocycles. The summed E-state index contributed by atoms with van der Waals surface area (Å²) >= 11 is 11.3. The molecule has 0 unspecified atom stereocenters. The average molecular weight is 345 g/mol. The first-order valence-corrected chi connectivity index (χ1v) is 8.65. The molecular formula is C18H17ClN2OS. The molecule has 1 fully saturated rings. The van der Waals surface area contributed by atoms with Crippen molar-refractivity contribution < 1.29 is 4.74 Å². The van der Waals surface area contributed by atoms with Gasteiger partial charge in [0, 0.05) is 17.1 Å². The molecule has 0 amide bonds. The van der Waals surface area contributed by atoms with Crippen molar-refractivity contribution in [1.29, 1.82) is 0 Å². The van der Waals surface area contributed by atoms with Crippen LogP contribution in [-0.2, 0) is 0 Å². The lowest BCUT2D eigenvalue weighted by molar-refractivity contribution is 0.385. The van der Waals surface area contributed by atoms with Gasteiger partial charge in [-0.05, 0) is 37.1 Å². The quantitative estimate of drug-likeness (QED) is 0.798. The zero-order valence-electron chi connectivity index (χ0n) is 12.5. The molecule has 2 aromatic rings. The van der Waals surface area contributed by atoms with Gasteiger partial charge in [-0.2, -0.15) is 0 Å². The molecule has 0 spiro atoms. The zero-order valence-corrected chi connectivity index (χ0v) is 14.1. The van der Waals surface area contributed by atoms with Crippen molar-refractivity contribution in [2.24, 2.45) is 0 Å². The predicted octanol–water partition coefficient (Wildman–Crippen LogP) is 4.70. The number of ether oxygens (including phenoxy) is 1. The summed E-state index contributed by atoms with van der Waals surface area (Å²) in [7, 11) is 0. The molecule has 0 aromatic heterocycles. The Morgan fingerprint density at radius 1 is 1.22 bits per heavy atom. The van der Waals surface area contributed by atoms with Crippen molar-refractivity contribution in [3.8, 4) is 11.5 Å². The number of thiocarbonyl (C=S) groups is 1. The van der Waals surface area contributed by atoms with Crippen molar-refractivity contribution in [2.45, 2.75) is 24.9 Å². The highest BCUT2D eigenvalue weighted by molar-refractivity contribution is 7.78. The van der Waals surface area contributed by atoms with E-state index < -0.39 is 0 Å². The molecule has 23 heavy (non-hydrogen) atoms. The highest BCUT2D eigenvalue weighted by atomic mass is 35.5. The van der Waals surface area contributed by atoms with Gasteiger partial charge in [-0.15, -0.1) is 0 Å². The fourth-order valence-electron chi connectivity index (χ4n) is 3.65. The van der Waals surface area contributed by atoms with E-state index >= 15 is 0 Å². The second-order valence-corrected chi connectivity index (χ2v) is 6.60. The van der Waals surface area contributed by atoms with Crippen LogP contribution in [0.4, 0.5) is 5.69 Å². The maximum absolute atomic E-state index is 6.25. The molecule has 2 atom stereocenters. The van der Waals surface area contributed by atoms with E-state index in [1.54, 1.807) is 5.49 Å². The summed E-state index contributed by atoms with van der Waals surface area (Å²) in [5.41, 5.74) is 3.87. The number of hydrogen-bond acceptors (Lipinski definition) is 3. The van der Waals surface area contributed by atoms with Crippen LogP contribution < -0.4 is 15.0 Å². The van der Waals surface area contributed by atoms with Crippen LogP contribution in [0.2, 0.25) is 5.02 Å². The van der Waals surface area contributed by atoms with Crippen molar-refractivity contribution in [2.75, 3.05) is 11.4 Å². The van der Waals surface area contributed by atoms with Crippen LogP contribution in [0.3, 0.4) is 0 Å². The van der Waals surface area contributed by atoms with Crippen molar-refractivity contribution in [3.05, 3.63) is 53.1 Å². The molecule has 1 N–H and O–H groups in total. The van der Waals surface area contributed by atoms with Gasteiger partial charge in [-0.1, -0.05) is 42.0 Å². The molecule has 0 radical (unpaired) electrons. The number of hydrogen-bond donors (Lipinski definition) is 1. The summed E-state index contributed by atoms with van der Waals surface area (Å²) in [5, 5.41) is 4.08. The van der Waals surface area contributed by atoms with Gasteiger partial charge >= 0.3 is 0 Å². The van der Waals surface area contributed by atoms with Gasteiger partial charge in [-0.25, -0.2) is 0 Å². The second kappa shape index (κ2) is 6.02. The number of benzene rings is 2. The monoisotopic (exact) mass is 344 g/mol. The Hall–Kier alpha value is -1.78. The summed E-state index contributed by atoms with van der Waals surface area (Å²) in [4.78, 5) is 2.40. The molecule has 2 aromatic carbocycles. The number of halogens is 1. The summed E-state index contributed by atoms with van der Waals surface area (Å²) in [6.07, 6.45) is 2.18. The summed E-state index contributed by atoms with van der Waals surface area (Å²) in [6, 6.07) is 14.5. The lowest BCUT2D eigenvalue weighted by Gasteiger charge is -2.42. The van der Waals surface area contributed by atoms with Gasteiger partial charge in [-0.3, -0.25) is 0 Å². The van der Waals surface area contributed by atoms with Crippen molar-refractivity contribution in [3.63, 3.8) is 0 Å². The van der Waals surface area contributed by atoms with Gasteiger partial charge in [0.2, 0.25) is 0 Å². The lowest BCUT2D eigenvalue weighted by Crippen LogP contribution is -2.47. The normalized spacial score (nSPS) is 22.0. The van der Waals surface area contributed by atoms with Crippen LogP contribution in [0.25, 0.3) is 0 Å². The minimum absolute atomic E-state index is 0.180. The summed E-state index contributed by atoms with van der Waals surface area (Å²) in [6.45, 7) is 0.977. The molecule has 0 saturated carbocycles. The third kappa shape index (κ3) is 2.56. The Morgan fingerprint density at radius 2 is 2.09 bits per heavy atom. The minimum Gasteiger partial charge on any atom is -0.455 e. The molecule has 0 aliphatic carbocycles. The first-order valence-electron chi connectivity index (χ1n) is 7.80. The van der Waals surface area contributed by atoms with E-state index in [1.165, 1.54) is 5.56 Å². The summed E-state index contributed by atoms with van der Waals surface area (Å²) in [5.74, 6) is 1.76. The van der Waals surface area contributed by atoms with Gasteiger partial charge in [0.15, 0.2) is 5.75 Å². The zero-order chi connectivity index (χ0) is 15.8. The van der Waals surface area contributed by atoms with Crippen molar-refractivity contribution >= 4 is 35.0 Å². The Labute approximate surface area is 146 Å². The fraction of sp³-hybridized carbons (Fsp3) is 0.278. The van der Waals surface area contributed by atoms with Crippen molar-refractivity contribution in [1.82, 2.24) is 5.32 Å². The lowest BCUT2D eigenvalue weighted by atomic mass is 9.89. The van der Waals surface area contributed by atoms with E-state index in [0.717, 1.165) is 41.6 Å². The van der Waals surface area contributed by atoms with Crippen LogP contribution >= 0.6 is 23.8 Å². The molecule has 2 aliphatic rings. The molecule has 5 heteroatoms. The number of piperidine rings is 1. The number of rotatable bonds is 2. The highest BCUT2D eigenvalue weighted by Gasteiger charge is 2.37. The molecular weight excluding hydrogens is 328 g/mol. The Kier molecular flexibility index (Phi) is 3.87. The smallest absolute Gasteiger partial charge is 0.150 e. The van der Waals surface area contributed by atoms with E-state index in [9.17, 15) is 0 Å². The van der Waals surface area contributed by atoms with E-state index in [1.807, 2.05) is 30.3 Å². The molecule has 1 saturated heterocycles. The van der Waals surface area contributed by atoms with Crippen LogP contribution in [0.1, 0.15) is 24.4 Å². The third-order valence-electron chi connectivity index (χ3n) is 4.60. The Balaban J connectivity index is 1.91. The second-order valence-electron chi connectivity index (χ2n) is 5.92. The van der Waals surface area contributed by atoms with Crippen LogP contribution in [-0.4, -0.2) is 18.1 Å². The van der Waals surface area contributed by atoms with E-state index in [2.05, 4.69) is 22.3 Å². The molecule has 4 rings (SSSR count). The number of nitrogens with one attached hydrogen (secondary N) is 1. The van der Waals surface area contributed by atoms with Gasteiger partial charge in [0.25, 0.3) is 0 Å². The molecule has 0 bridgehead atoms. The van der Waals surface area contributed by atoms with Crippen LogP contribution in [0.5, 0.6) is 11.5 Å². The first kappa shape index (κ1) is 14.8. The first-order chi connectivity index (χ1) is 11.3. The fourth-order valence-corrected chi connectivity index (χ4v) is 3.99. The van der Waals surface area contributed by atoms with Gasteiger partial charge in [0.05, 0.1) is 23.3 Å². The number of anilines is 1. The van der Waals surface area contributed by atoms with Gasteiger partial charge < -0.3 is 15.0 Å². The molecule has 118 valence electrons. The van der Waals surface area contributed by atoms with E-state index in [0.29, 0.717) is 0 Å². The standard InChI is InChI=1S/C18H17ClN2OS/c19-12-7-8-17-15(10-12)21-9-3-5-14(20-11-23)18(21)13-4-1-2-6-16(13)22-17/h1-2,4,6-8,10-11,14,18H,3,5,9H2,(H,20,23)/t14-,18-/m1/s1. The topological polar surface area (TPSA) is 24.5 Å². The predicted molar refractivity (Wildman–Crippen MR) is 97.9 cm³/mol. The minimum atomic E-state index is 0.180. The maximum Gasteiger partial charge on any atom is 0.150 e. The van der Waals surface area contributed by atoms with Crippen LogP contribution in [0.15, 0.2) is 42.5 Å². The Bertz CT molecular complexity index is 752. The van der Waals surface area contributed by atoms with Gasteiger partial charge in [0.1, 0.15) is 5.75 Å². The SMILES string of the molecule is S=CN[C@@H]1CCCN2c3cc(Cl)ccc3Oc3ccccc3[C@H]12. The largest absolute Gasteiger partial charge is 0.455 e. The highest BCUT2D eigenvalue weighted by Crippen LogP contribution is 2.48.